The van der Waals surface area contributed by atoms with Gasteiger partial charge in [0.25, 0.3) is 0 Å². The highest BCUT2D eigenvalue weighted by Crippen LogP contribution is 1.96. The molecule has 9 heavy (non-hydrogen) atoms. The molecule has 0 radical (unpaired) electrons. The molecule has 0 saturated heterocycles. The molecule has 1 N–H and O–H groups in total. The molecule has 0 aromatic carbocycles. The lowest BCUT2D eigenvalue weighted by molar-refractivity contribution is -0.128. The summed E-state index contributed by atoms with van der Waals surface area (Å²) >= 11 is 0.700. The van der Waals surface area contributed by atoms with E-state index in [2.05, 4.69) is 0 Å². The number of amides is 1. The van der Waals surface area contributed by atoms with Crippen LogP contribution in [0.5, 0.6) is 0 Å². The highest BCUT2D eigenvalue weighted by molar-refractivity contribution is 7.93. The second-order valence-electron chi connectivity index (χ2n) is 1.87. The summed E-state index contributed by atoms with van der Waals surface area (Å²) in [5.74, 6) is 0.536. The van der Waals surface area contributed by atoms with Gasteiger partial charge in [0.15, 0.2) is 0 Å². The number of rotatable bonds is 3. The average molecular weight is 149 g/mol. The van der Waals surface area contributed by atoms with Crippen molar-refractivity contribution in [1.82, 2.24) is 4.90 Å². The van der Waals surface area contributed by atoms with Gasteiger partial charge in [-0.1, -0.05) is 0 Å². The molecule has 1 amide bonds. The second-order valence-corrected chi connectivity index (χ2v) is 2.54. The minimum Gasteiger partial charge on any atom is -0.349 e. The molecule has 0 aromatic heterocycles. The molecular weight excluding hydrogens is 138 g/mol. The maximum atomic E-state index is 10.7. The first-order valence-corrected chi connectivity index (χ1v) is 3.59. The first-order valence-electron chi connectivity index (χ1n) is 2.65. The number of hydrogen-bond acceptors (Lipinski definition) is 3. The number of carbonyl (C=O) groups excluding carboxylic acids is 1. The molecule has 54 valence electrons. The van der Waals surface area contributed by atoms with Crippen LogP contribution in [-0.2, 0) is 4.79 Å². The maximum absolute atomic E-state index is 10.7. The Hall–Kier alpha value is -0.220. The van der Waals surface area contributed by atoms with Gasteiger partial charge in [0.2, 0.25) is 5.91 Å². The minimum atomic E-state index is 0.0524. The van der Waals surface area contributed by atoms with Gasteiger partial charge in [0.1, 0.15) is 0 Å². The molecule has 0 aliphatic rings. The van der Waals surface area contributed by atoms with E-state index >= 15 is 0 Å². The van der Waals surface area contributed by atoms with Crippen molar-refractivity contribution >= 4 is 17.9 Å². The van der Waals surface area contributed by atoms with E-state index in [1.165, 1.54) is 4.90 Å². The van der Waals surface area contributed by atoms with Crippen LogP contribution >= 0.6 is 12.0 Å². The summed E-state index contributed by atoms with van der Waals surface area (Å²) in [6, 6.07) is 0. The van der Waals surface area contributed by atoms with E-state index < -0.39 is 0 Å². The standard InChI is InChI=1S/C5H11NO2S/c1-6(2)5(7)3-4-9-8/h8H,3-4H2,1-2H3. The lowest BCUT2D eigenvalue weighted by atomic mass is 10.4. The van der Waals surface area contributed by atoms with E-state index in [0.29, 0.717) is 24.2 Å². The van der Waals surface area contributed by atoms with Gasteiger partial charge in [0.05, 0.1) is 0 Å². The molecule has 0 atom stereocenters. The van der Waals surface area contributed by atoms with Crippen LogP contribution in [0.3, 0.4) is 0 Å². The van der Waals surface area contributed by atoms with Crippen molar-refractivity contribution in [2.75, 3.05) is 19.8 Å². The van der Waals surface area contributed by atoms with E-state index in [0.717, 1.165) is 0 Å². The van der Waals surface area contributed by atoms with Gasteiger partial charge in [-0.3, -0.25) is 4.79 Å². The fourth-order valence-corrected chi connectivity index (χ4v) is 0.622. The molecule has 0 unspecified atom stereocenters. The molecule has 0 bridgehead atoms. The van der Waals surface area contributed by atoms with Crippen LogP contribution < -0.4 is 0 Å². The summed E-state index contributed by atoms with van der Waals surface area (Å²) in [7, 11) is 3.40. The Morgan fingerprint density at radius 2 is 2.22 bits per heavy atom. The van der Waals surface area contributed by atoms with Crippen molar-refractivity contribution in [2.45, 2.75) is 6.42 Å². The van der Waals surface area contributed by atoms with Crippen LogP contribution in [0.25, 0.3) is 0 Å². The van der Waals surface area contributed by atoms with Gasteiger partial charge in [-0.25, -0.2) is 0 Å². The summed E-state index contributed by atoms with van der Waals surface area (Å²) in [5.41, 5.74) is 0. The highest BCUT2D eigenvalue weighted by Gasteiger charge is 2.01. The molecular formula is C5H11NO2S. The summed E-state index contributed by atoms with van der Waals surface area (Å²) in [5, 5.41) is 0. The molecule has 0 aliphatic carbocycles. The Kier molecular flexibility index (Phi) is 4.53. The van der Waals surface area contributed by atoms with E-state index in [1.807, 2.05) is 0 Å². The Morgan fingerprint density at radius 3 is 2.56 bits per heavy atom. The van der Waals surface area contributed by atoms with Crippen molar-refractivity contribution in [2.24, 2.45) is 0 Å². The van der Waals surface area contributed by atoms with Gasteiger partial charge in [0, 0.05) is 26.3 Å². The SMILES string of the molecule is CN(C)C(=O)CCSO. The molecule has 3 nitrogen and oxygen atoms in total. The smallest absolute Gasteiger partial charge is 0.222 e. The fourth-order valence-electron chi connectivity index (χ4n) is 0.357. The number of nitrogens with zero attached hydrogens (tertiary/aromatic N) is 1. The van der Waals surface area contributed by atoms with Gasteiger partial charge in [-0.15, -0.1) is 0 Å². The van der Waals surface area contributed by atoms with E-state index in [1.54, 1.807) is 14.1 Å². The summed E-state index contributed by atoms with van der Waals surface area (Å²) in [4.78, 5) is 12.2. The third kappa shape index (κ3) is 4.29. The van der Waals surface area contributed by atoms with Crippen LogP contribution in [0.1, 0.15) is 6.42 Å². The summed E-state index contributed by atoms with van der Waals surface area (Å²) in [6.07, 6.45) is 0.411. The van der Waals surface area contributed by atoms with Crippen molar-refractivity contribution in [1.29, 1.82) is 0 Å². The molecule has 0 saturated carbocycles. The summed E-state index contributed by atoms with van der Waals surface area (Å²) < 4.78 is 8.24. The Balaban J connectivity index is 3.28. The summed E-state index contributed by atoms with van der Waals surface area (Å²) in [6.45, 7) is 0. The second kappa shape index (κ2) is 4.64. The molecule has 0 aliphatic heterocycles. The first-order chi connectivity index (χ1) is 4.18. The monoisotopic (exact) mass is 149 g/mol. The van der Waals surface area contributed by atoms with Crippen molar-refractivity contribution in [3.8, 4) is 0 Å². The minimum absolute atomic E-state index is 0.0524. The fraction of sp³-hybridized carbons (Fsp3) is 0.800. The van der Waals surface area contributed by atoms with Crippen molar-refractivity contribution in [3.63, 3.8) is 0 Å². The zero-order valence-corrected chi connectivity index (χ0v) is 6.44. The normalized spacial score (nSPS) is 9.22. The van der Waals surface area contributed by atoms with E-state index in [4.69, 9.17) is 4.55 Å². The van der Waals surface area contributed by atoms with Crippen LogP contribution in [0.15, 0.2) is 0 Å². The lowest BCUT2D eigenvalue weighted by Crippen LogP contribution is -2.21. The predicted molar refractivity (Wildman–Crippen MR) is 38.4 cm³/mol. The number of hydrogen-bond donors (Lipinski definition) is 1. The number of carbonyl (C=O) groups is 1. The van der Waals surface area contributed by atoms with Crippen LogP contribution in [0.4, 0.5) is 0 Å². The third-order valence-corrected chi connectivity index (χ3v) is 1.29. The molecule has 0 rings (SSSR count). The Bertz CT molecular complexity index is 95.0. The van der Waals surface area contributed by atoms with Crippen LogP contribution in [0, 0.1) is 0 Å². The van der Waals surface area contributed by atoms with Gasteiger partial charge < -0.3 is 9.45 Å². The van der Waals surface area contributed by atoms with E-state index in [9.17, 15) is 4.79 Å². The largest absolute Gasteiger partial charge is 0.349 e. The van der Waals surface area contributed by atoms with E-state index in [-0.39, 0.29) is 5.91 Å². The van der Waals surface area contributed by atoms with Gasteiger partial charge in [-0.2, -0.15) is 0 Å². The van der Waals surface area contributed by atoms with Gasteiger partial charge in [-0.05, 0) is 12.0 Å². The van der Waals surface area contributed by atoms with Crippen LogP contribution in [0.2, 0.25) is 0 Å². The predicted octanol–water partition coefficient (Wildman–Crippen LogP) is 0.671. The van der Waals surface area contributed by atoms with Crippen LogP contribution in [-0.4, -0.2) is 35.2 Å². The molecule has 0 aromatic rings. The zero-order chi connectivity index (χ0) is 7.28. The topological polar surface area (TPSA) is 40.5 Å². The van der Waals surface area contributed by atoms with Crippen molar-refractivity contribution in [3.05, 3.63) is 0 Å². The highest BCUT2D eigenvalue weighted by atomic mass is 32.2. The average Bonchev–Trinajstić information content (AvgIpc) is 1.82. The first kappa shape index (κ1) is 8.78. The Labute approximate surface area is 59.2 Å². The maximum Gasteiger partial charge on any atom is 0.222 e. The third-order valence-electron chi connectivity index (χ3n) is 0.906. The van der Waals surface area contributed by atoms with Crippen molar-refractivity contribution < 1.29 is 9.35 Å². The zero-order valence-electron chi connectivity index (χ0n) is 5.63. The quantitative estimate of drug-likeness (QED) is 0.600. The van der Waals surface area contributed by atoms with Gasteiger partial charge >= 0.3 is 0 Å². The molecule has 0 heterocycles. The molecule has 0 spiro atoms. The molecule has 4 heteroatoms. The Morgan fingerprint density at radius 1 is 1.67 bits per heavy atom. The molecule has 0 fully saturated rings. The lowest BCUT2D eigenvalue weighted by Gasteiger charge is -2.07.